The number of allylic oxidation sites excluding steroid dienone is 2. The topological polar surface area (TPSA) is 72.8 Å². The molecule has 222 valence electrons. The normalized spacial score (nSPS) is 17.4. The minimum Gasteiger partial charge on any atom is -0.479 e. The summed E-state index contributed by atoms with van der Waals surface area (Å²) in [5.41, 5.74) is 2.78. The highest BCUT2D eigenvalue weighted by molar-refractivity contribution is 6.01. The molecule has 5 heteroatoms. The van der Waals surface area contributed by atoms with Crippen molar-refractivity contribution in [2.45, 2.75) is 110 Å². The van der Waals surface area contributed by atoms with E-state index < -0.39 is 11.6 Å². The van der Waals surface area contributed by atoms with E-state index in [1.54, 1.807) is 18.2 Å². The summed E-state index contributed by atoms with van der Waals surface area (Å²) in [4.78, 5) is 25.4. The zero-order chi connectivity index (χ0) is 29.5. The summed E-state index contributed by atoms with van der Waals surface area (Å²) in [6.07, 6.45) is 15.7. The van der Waals surface area contributed by atoms with E-state index in [2.05, 4.69) is 13.8 Å². The molecular formula is C36H48O5. The smallest absolute Gasteiger partial charge is 0.340 e. The minimum atomic E-state index is -1.43. The highest BCUT2D eigenvalue weighted by Gasteiger charge is 2.41. The first kappa shape index (κ1) is 32.3. The first-order valence-corrected chi connectivity index (χ1v) is 15.6. The molecule has 2 aromatic carbocycles. The molecule has 1 N–H and O–H groups in total. The van der Waals surface area contributed by atoms with Crippen molar-refractivity contribution in [1.29, 1.82) is 0 Å². The van der Waals surface area contributed by atoms with Crippen LogP contribution < -0.4 is 0 Å². The summed E-state index contributed by atoms with van der Waals surface area (Å²) >= 11 is 0. The molecule has 2 atom stereocenters. The molecule has 5 nitrogen and oxygen atoms in total. The molecule has 0 bridgehead atoms. The van der Waals surface area contributed by atoms with Gasteiger partial charge in [-0.25, -0.2) is 9.59 Å². The van der Waals surface area contributed by atoms with Crippen LogP contribution in [0.15, 0.2) is 66.7 Å². The van der Waals surface area contributed by atoms with Gasteiger partial charge in [0.2, 0.25) is 0 Å². The van der Waals surface area contributed by atoms with Gasteiger partial charge in [0.15, 0.2) is 5.60 Å². The summed E-state index contributed by atoms with van der Waals surface area (Å²) in [7, 11) is 0. The van der Waals surface area contributed by atoms with Crippen LogP contribution in [0.3, 0.4) is 0 Å². The molecule has 2 unspecified atom stereocenters. The molecule has 41 heavy (non-hydrogen) atoms. The molecule has 2 aromatic rings. The maximum absolute atomic E-state index is 12.8. The van der Waals surface area contributed by atoms with Gasteiger partial charge in [0.1, 0.15) is 0 Å². The summed E-state index contributed by atoms with van der Waals surface area (Å²) in [6.45, 7) is 6.72. The number of hydrogen-bond donors (Lipinski definition) is 1. The Hall–Kier alpha value is -3.18. The van der Waals surface area contributed by atoms with Crippen LogP contribution in [-0.2, 0) is 14.3 Å². The monoisotopic (exact) mass is 560 g/mol. The van der Waals surface area contributed by atoms with Crippen molar-refractivity contribution in [1.82, 2.24) is 0 Å². The van der Waals surface area contributed by atoms with E-state index in [1.807, 2.05) is 55.5 Å². The Morgan fingerprint density at radius 1 is 0.829 bits per heavy atom. The predicted molar refractivity (Wildman–Crippen MR) is 167 cm³/mol. The van der Waals surface area contributed by atoms with Crippen LogP contribution in [0.25, 0.3) is 11.1 Å². The van der Waals surface area contributed by atoms with Crippen LogP contribution in [0.2, 0.25) is 0 Å². The molecule has 1 aliphatic rings. The van der Waals surface area contributed by atoms with Crippen LogP contribution in [0.4, 0.5) is 0 Å². The van der Waals surface area contributed by atoms with Gasteiger partial charge in [-0.3, -0.25) is 0 Å². The number of carboxylic acids is 1. The number of carbonyl (C=O) groups excluding carboxylic acids is 1. The van der Waals surface area contributed by atoms with Crippen LogP contribution in [0.1, 0.15) is 119 Å². The Labute approximate surface area is 246 Å². The summed E-state index contributed by atoms with van der Waals surface area (Å²) in [5, 5.41) is 10.3. The zero-order valence-electron chi connectivity index (χ0n) is 25.2. The van der Waals surface area contributed by atoms with Crippen molar-refractivity contribution < 1.29 is 24.2 Å². The minimum absolute atomic E-state index is 0.130. The molecule has 0 heterocycles. The van der Waals surface area contributed by atoms with Crippen LogP contribution in [0.5, 0.6) is 0 Å². The van der Waals surface area contributed by atoms with Crippen molar-refractivity contribution in [3.63, 3.8) is 0 Å². The van der Waals surface area contributed by atoms with Gasteiger partial charge in [-0.2, -0.15) is 0 Å². The molecule has 0 fully saturated rings. The van der Waals surface area contributed by atoms with E-state index in [4.69, 9.17) is 9.47 Å². The van der Waals surface area contributed by atoms with Gasteiger partial charge in [0.25, 0.3) is 0 Å². The van der Waals surface area contributed by atoms with Crippen molar-refractivity contribution in [3.05, 3.63) is 83.4 Å². The summed E-state index contributed by atoms with van der Waals surface area (Å²) in [6, 6.07) is 17.3. The Kier molecular flexibility index (Phi) is 13.4. The van der Waals surface area contributed by atoms with Gasteiger partial charge in [0.05, 0.1) is 11.7 Å². The number of aliphatic carboxylic acids is 1. The largest absolute Gasteiger partial charge is 0.479 e. The van der Waals surface area contributed by atoms with Crippen LogP contribution in [-0.4, -0.2) is 35.4 Å². The summed E-state index contributed by atoms with van der Waals surface area (Å²) < 4.78 is 11.8. The van der Waals surface area contributed by atoms with Crippen molar-refractivity contribution in [3.8, 4) is 0 Å². The average molecular weight is 561 g/mol. The van der Waals surface area contributed by atoms with Crippen molar-refractivity contribution in [2.75, 3.05) is 6.61 Å². The highest BCUT2D eigenvalue weighted by Crippen LogP contribution is 2.40. The van der Waals surface area contributed by atoms with Gasteiger partial charge >= 0.3 is 11.9 Å². The van der Waals surface area contributed by atoms with Crippen LogP contribution in [0, 0.1) is 0 Å². The average Bonchev–Trinajstić information content (AvgIpc) is 2.99. The number of rotatable bonds is 18. The number of ether oxygens (including phenoxy) is 2. The number of hydrogen-bond acceptors (Lipinski definition) is 4. The fourth-order valence-corrected chi connectivity index (χ4v) is 5.30. The van der Waals surface area contributed by atoms with Gasteiger partial charge in [0, 0.05) is 13.0 Å². The van der Waals surface area contributed by atoms with E-state index in [0.717, 1.165) is 60.8 Å². The number of unbranched alkanes of at least 4 members (excludes halogenated alkanes) is 8. The van der Waals surface area contributed by atoms with E-state index >= 15 is 0 Å². The first-order chi connectivity index (χ1) is 19.9. The molecular weight excluding hydrogens is 512 g/mol. The van der Waals surface area contributed by atoms with Crippen molar-refractivity contribution >= 4 is 23.1 Å². The standard InChI is InChI=1S/C36H48O5/c1-4-6-8-10-11-16-26-40-36(35(38)39)25-24-32(29-18-14-12-15-19-29)33(27-36)30-20-22-31(23-21-30)34(37)41-28(3)17-13-9-7-5-2/h12,14-15,18-25,28H,4-11,13,16-17,26-27H2,1-3H3,(H,38,39). The molecule has 0 saturated carbocycles. The summed E-state index contributed by atoms with van der Waals surface area (Å²) in [5.74, 6) is -1.32. The van der Waals surface area contributed by atoms with E-state index in [0.29, 0.717) is 12.2 Å². The Morgan fingerprint density at radius 2 is 1.46 bits per heavy atom. The second-order valence-corrected chi connectivity index (χ2v) is 11.2. The zero-order valence-corrected chi connectivity index (χ0v) is 25.2. The lowest BCUT2D eigenvalue weighted by molar-refractivity contribution is -0.159. The van der Waals surface area contributed by atoms with Gasteiger partial charge < -0.3 is 14.6 Å². The third-order valence-electron chi connectivity index (χ3n) is 7.83. The number of carbonyl (C=O) groups is 2. The quantitative estimate of drug-likeness (QED) is 0.145. The number of carboxylic acid groups (broad SMARTS) is 1. The Balaban J connectivity index is 1.77. The predicted octanol–water partition coefficient (Wildman–Crippen LogP) is 9.27. The number of benzene rings is 2. The lowest BCUT2D eigenvalue weighted by Gasteiger charge is -2.32. The maximum Gasteiger partial charge on any atom is 0.340 e. The molecule has 0 aliphatic heterocycles. The van der Waals surface area contributed by atoms with Crippen molar-refractivity contribution in [2.24, 2.45) is 0 Å². The van der Waals surface area contributed by atoms with Crippen LogP contribution >= 0.6 is 0 Å². The molecule has 0 spiro atoms. The molecule has 0 saturated heterocycles. The Morgan fingerprint density at radius 3 is 2.12 bits per heavy atom. The fraction of sp³-hybridized carbons (Fsp3) is 0.500. The highest BCUT2D eigenvalue weighted by atomic mass is 16.5. The molecule has 0 radical (unpaired) electrons. The lowest BCUT2D eigenvalue weighted by Crippen LogP contribution is -2.41. The van der Waals surface area contributed by atoms with E-state index in [9.17, 15) is 14.7 Å². The molecule has 1 aliphatic carbocycles. The number of esters is 1. The molecule has 3 rings (SSSR count). The second kappa shape index (κ2) is 16.9. The lowest BCUT2D eigenvalue weighted by atomic mass is 9.80. The van der Waals surface area contributed by atoms with Gasteiger partial charge in [-0.15, -0.1) is 0 Å². The molecule has 0 amide bonds. The molecule has 0 aromatic heterocycles. The van der Waals surface area contributed by atoms with E-state index in [1.165, 1.54) is 32.1 Å². The SMILES string of the molecule is CCCCCCCCOC1(C(=O)O)C=CC(c2ccccc2)=C(c2ccc(C(=O)OC(C)CCCCCC)cc2)C1. The Bertz CT molecular complexity index is 1150. The maximum atomic E-state index is 12.8. The first-order valence-electron chi connectivity index (χ1n) is 15.6. The van der Waals surface area contributed by atoms with E-state index in [-0.39, 0.29) is 18.5 Å². The fourth-order valence-electron chi connectivity index (χ4n) is 5.30. The third-order valence-corrected chi connectivity index (χ3v) is 7.83. The van der Waals surface area contributed by atoms with Gasteiger partial charge in [-0.1, -0.05) is 114 Å². The second-order valence-electron chi connectivity index (χ2n) is 11.2. The van der Waals surface area contributed by atoms with Gasteiger partial charge in [-0.05, 0) is 66.7 Å². The third kappa shape index (κ3) is 9.71.